The number of methoxy groups -OCH3 is 1. The molecule has 10 heteroatoms. The van der Waals surface area contributed by atoms with Crippen molar-refractivity contribution in [1.82, 2.24) is 9.62 Å². The Labute approximate surface area is 157 Å². The average Bonchev–Trinajstić information content (AvgIpc) is 2.63. The van der Waals surface area contributed by atoms with Gasteiger partial charge in [0.05, 0.1) is 36.7 Å². The molecule has 1 saturated carbocycles. The zero-order chi connectivity index (χ0) is 19.6. The predicted molar refractivity (Wildman–Crippen MR) is 94.2 cm³/mol. The fraction of sp³-hybridized carbons (Fsp3) is 0.529. The highest BCUT2D eigenvalue weighted by Crippen LogP contribution is 2.29. The molecule has 0 atom stereocenters. The lowest BCUT2D eigenvalue weighted by atomic mass is 9.80. The maximum atomic E-state index is 12.8. The minimum absolute atomic E-state index is 0.00683. The summed E-state index contributed by atoms with van der Waals surface area (Å²) in [6.45, 7) is 1.17. The van der Waals surface area contributed by atoms with Crippen LogP contribution in [0.5, 0.6) is 5.75 Å². The second kappa shape index (κ2) is 7.83. The summed E-state index contributed by atoms with van der Waals surface area (Å²) in [6, 6.07) is 3.90. The number of carboxylic acid groups (broad SMARTS) is 1. The summed E-state index contributed by atoms with van der Waals surface area (Å²) < 4.78 is 37.3. The van der Waals surface area contributed by atoms with E-state index >= 15 is 0 Å². The van der Waals surface area contributed by atoms with E-state index in [4.69, 9.17) is 14.6 Å². The maximum absolute atomic E-state index is 12.8. The molecule has 1 amide bonds. The number of carbonyl (C=O) groups excluding carboxylic acids is 1. The van der Waals surface area contributed by atoms with Gasteiger partial charge in [-0.2, -0.15) is 4.31 Å². The van der Waals surface area contributed by atoms with Gasteiger partial charge >= 0.3 is 5.97 Å². The molecule has 1 aromatic carbocycles. The van der Waals surface area contributed by atoms with Gasteiger partial charge in [-0.05, 0) is 31.0 Å². The lowest BCUT2D eigenvalue weighted by molar-refractivity contribution is -0.145. The van der Waals surface area contributed by atoms with Gasteiger partial charge in [0.25, 0.3) is 5.91 Å². The summed E-state index contributed by atoms with van der Waals surface area (Å²) in [5.74, 6) is -1.57. The molecule has 1 aliphatic heterocycles. The third kappa shape index (κ3) is 4.07. The molecule has 0 aromatic heterocycles. The van der Waals surface area contributed by atoms with Crippen molar-refractivity contribution in [3.05, 3.63) is 23.8 Å². The van der Waals surface area contributed by atoms with Crippen LogP contribution in [0, 0.1) is 5.92 Å². The predicted octanol–water partition coefficient (Wildman–Crippen LogP) is 0.309. The molecule has 2 aliphatic rings. The van der Waals surface area contributed by atoms with E-state index in [0.29, 0.717) is 26.1 Å². The Morgan fingerprint density at radius 2 is 1.93 bits per heavy atom. The first-order valence-corrected chi connectivity index (χ1v) is 10.1. The first-order chi connectivity index (χ1) is 12.8. The summed E-state index contributed by atoms with van der Waals surface area (Å²) in [6.07, 6.45) is 0.713. The molecule has 0 bridgehead atoms. The van der Waals surface area contributed by atoms with Crippen molar-refractivity contribution in [1.29, 1.82) is 0 Å². The fourth-order valence-corrected chi connectivity index (χ4v) is 4.60. The molecule has 3 rings (SSSR count). The average molecular weight is 398 g/mol. The van der Waals surface area contributed by atoms with E-state index in [1.54, 1.807) is 0 Å². The zero-order valence-electron chi connectivity index (χ0n) is 14.9. The summed E-state index contributed by atoms with van der Waals surface area (Å²) in [7, 11) is -2.35. The van der Waals surface area contributed by atoms with Crippen LogP contribution in [0.25, 0.3) is 0 Å². The van der Waals surface area contributed by atoms with Gasteiger partial charge in [0.2, 0.25) is 10.0 Å². The number of carboxylic acids is 1. The zero-order valence-corrected chi connectivity index (χ0v) is 15.7. The molecule has 9 nitrogen and oxygen atoms in total. The first-order valence-electron chi connectivity index (χ1n) is 8.62. The Morgan fingerprint density at radius 1 is 1.26 bits per heavy atom. The smallest absolute Gasteiger partial charge is 0.306 e. The van der Waals surface area contributed by atoms with Crippen LogP contribution in [0.3, 0.4) is 0 Å². The van der Waals surface area contributed by atoms with E-state index in [0.717, 1.165) is 0 Å². The minimum Gasteiger partial charge on any atom is -0.496 e. The maximum Gasteiger partial charge on any atom is 0.306 e. The number of nitrogens with one attached hydrogen (secondary N) is 1. The molecule has 1 heterocycles. The van der Waals surface area contributed by atoms with Crippen molar-refractivity contribution in [2.45, 2.75) is 23.8 Å². The van der Waals surface area contributed by atoms with Crippen molar-refractivity contribution in [2.24, 2.45) is 5.92 Å². The van der Waals surface area contributed by atoms with Gasteiger partial charge in [-0.1, -0.05) is 0 Å². The van der Waals surface area contributed by atoms with Crippen molar-refractivity contribution in [3.63, 3.8) is 0 Å². The van der Waals surface area contributed by atoms with E-state index in [2.05, 4.69) is 5.32 Å². The van der Waals surface area contributed by atoms with Crippen LogP contribution in [-0.4, -0.2) is 69.2 Å². The number of aliphatic carboxylic acids is 1. The van der Waals surface area contributed by atoms with Crippen LogP contribution in [0.2, 0.25) is 0 Å². The Balaban J connectivity index is 1.79. The number of amides is 1. The second-order valence-electron chi connectivity index (χ2n) is 6.56. The molecule has 0 radical (unpaired) electrons. The van der Waals surface area contributed by atoms with E-state index in [1.807, 2.05) is 0 Å². The highest BCUT2D eigenvalue weighted by atomic mass is 32.2. The van der Waals surface area contributed by atoms with Crippen LogP contribution in [0.15, 0.2) is 23.1 Å². The molecule has 0 unspecified atom stereocenters. The molecule has 1 aliphatic carbocycles. The van der Waals surface area contributed by atoms with Crippen molar-refractivity contribution < 1.29 is 32.6 Å². The Hall–Kier alpha value is -2.17. The third-order valence-corrected chi connectivity index (χ3v) is 6.74. The standard InChI is InChI=1S/C17H22N2O7S/c1-25-15-3-2-13(27(23,24)19-4-6-26-7-5-19)10-14(15)16(20)18-12-8-11(9-12)17(21)22/h2-3,10-12H,4-9H2,1H3,(H,18,20)(H,21,22). The number of carbonyl (C=O) groups is 2. The van der Waals surface area contributed by atoms with Crippen LogP contribution >= 0.6 is 0 Å². The molecule has 2 fully saturated rings. The highest BCUT2D eigenvalue weighted by molar-refractivity contribution is 7.89. The number of ether oxygens (including phenoxy) is 2. The molecule has 1 aromatic rings. The van der Waals surface area contributed by atoms with Crippen LogP contribution in [0.4, 0.5) is 0 Å². The van der Waals surface area contributed by atoms with Crippen molar-refractivity contribution >= 4 is 21.9 Å². The lowest BCUT2D eigenvalue weighted by Gasteiger charge is -2.33. The molecular weight excluding hydrogens is 376 g/mol. The summed E-state index contributed by atoms with van der Waals surface area (Å²) in [5, 5.41) is 11.7. The van der Waals surface area contributed by atoms with Gasteiger partial charge < -0.3 is 19.9 Å². The molecule has 27 heavy (non-hydrogen) atoms. The Bertz CT molecular complexity index is 828. The van der Waals surface area contributed by atoms with Crippen LogP contribution in [0.1, 0.15) is 23.2 Å². The third-order valence-electron chi connectivity index (χ3n) is 4.85. The normalized spacial score (nSPS) is 23.3. The molecule has 1 saturated heterocycles. The fourth-order valence-electron chi connectivity index (χ4n) is 3.16. The topological polar surface area (TPSA) is 122 Å². The van der Waals surface area contributed by atoms with Gasteiger partial charge in [0.1, 0.15) is 5.75 Å². The Kier molecular flexibility index (Phi) is 5.68. The summed E-state index contributed by atoms with van der Waals surface area (Å²) >= 11 is 0. The first kappa shape index (κ1) is 19.6. The highest BCUT2D eigenvalue weighted by Gasteiger charge is 2.36. The number of benzene rings is 1. The van der Waals surface area contributed by atoms with Gasteiger partial charge in [0, 0.05) is 19.1 Å². The Morgan fingerprint density at radius 3 is 2.52 bits per heavy atom. The number of hydrogen-bond acceptors (Lipinski definition) is 6. The number of rotatable bonds is 6. The van der Waals surface area contributed by atoms with Gasteiger partial charge in [-0.25, -0.2) is 8.42 Å². The summed E-state index contributed by atoms with van der Waals surface area (Å²) in [4.78, 5) is 23.5. The largest absolute Gasteiger partial charge is 0.496 e. The molecule has 2 N–H and O–H groups in total. The number of nitrogens with zero attached hydrogens (tertiary/aromatic N) is 1. The number of hydrogen-bond donors (Lipinski definition) is 2. The number of morpholine rings is 1. The minimum atomic E-state index is -3.74. The van der Waals surface area contributed by atoms with E-state index in [9.17, 15) is 18.0 Å². The van der Waals surface area contributed by atoms with Crippen molar-refractivity contribution in [3.8, 4) is 5.75 Å². The number of sulfonamides is 1. The lowest BCUT2D eigenvalue weighted by Crippen LogP contribution is -2.46. The quantitative estimate of drug-likeness (QED) is 0.707. The van der Waals surface area contributed by atoms with E-state index in [1.165, 1.54) is 29.6 Å². The van der Waals surface area contributed by atoms with Gasteiger partial charge in [0.15, 0.2) is 0 Å². The van der Waals surface area contributed by atoms with E-state index < -0.39 is 27.8 Å². The van der Waals surface area contributed by atoms with Crippen molar-refractivity contribution in [2.75, 3.05) is 33.4 Å². The van der Waals surface area contributed by atoms with Crippen LogP contribution in [-0.2, 0) is 19.6 Å². The molecule has 148 valence electrons. The van der Waals surface area contributed by atoms with Gasteiger partial charge in [-0.15, -0.1) is 0 Å². The second-order valence-corrected chi connectivity index (χ2v) is 8.49. The summed E-state index contributed by atoms with van der Waals surface area (Å²) in [5.41, 5.74) is 0.102. The van der Waals surface area contributed by atoms with Crippen LogP contribution < -0.4 is 10.1 Å². The van der Waals surface area contributed by atoms with E-state index in [-0.39, 0.29) is 35.3 Å². The monoisotopic (exact) mass is 398 g/mol. The SMILES string of the molecule is COc1ccc(S(=O)(=O)N2CCOCC2)cc1C(=O)NC1CC(C(=O)O)C1. The molecular formula is C17H22N2O7S. The molecule has 0 spiro atoms. The van der Waals surface area contributed by atoms with Gasteiger partial charge in [-0.3, -0.25) is 9.59 Å².